The summed E-state index contributed by atoms with van der Waals surface area (Å²) >= 11 is 0. The minimum Gasteiger partial charge on any atom is -0.364 e. The van der Waals surface area contributed by atoms with Crippen molar-refractivity contribution in [3.05, 3.63) is 36.0 Å². The normalized spacial score (nSPS) is 16.4. The van der Waals surface area contributed by atoms with Crippen LogP contribution in [-0.2, 0) is 14.4 Å². The maximum atomic E-state index is 13.4. The molecule has 9 nitrogen and oxygen atoms in total. The van der Waals surface area contributed by atoms with Gasteiger partial charge in [-0.2, -0.15) is 0 Å². The maximum absolute atomic E-state index is 13.4. The van der Waals surface area contributed by atoms with Crippen molar-refractivity contribution in [3.8, 4) is 12.3 Å². The number of terminal acetylenes is 1. The minimum absolute atomic E-state index is 0.0376. The molecule has 1 aliphatic heterocycles. The van der Waals surface area contributed by atoms with Crippen LogP contribution < -0.4 is 16.5 Å². The van der Waals surface area contributed by atoms with Gasteiger partial charge in [-0.05, 0) is 36.8 Å². The van der Waals surface area contributed by atoms with Gasteiger partial charge in [0.15, 0.2) is 0 Å². The highest BCUT2D eigenvalue weighted by Gasteiger charge is 2.32. The third-order valence-corrected chi connectivity index (χ3v) is 5.49. The van der Waals surface area contributed by atoms with E-state index >= 15 is 0 Å². The zero-order valence-electron chi connectivity index (χ0n) is 18.1. The number of carbonyl (C=O) groups is 4. The second-order valence-electron chi connectivity index (χ2n) is 8.28. The predicted molar refractivity (Wildman–Crippen MR) is 119 cm³/mol. The Balaban J connectivity index is 1.97. The van der Waals surface area contributed by atoms with Crippen molar-refractivity contribution < 1.29 is 19.2 Å². The molecule has 0 bridgehead atoms. The van der Waals surface area contributed by atoms with Crippen LogP contribution >= 0.6 is 0 Å². The van der Waals surface area contributed by atoms with Crippen LogP contribution in [0.5, 0.6) is 0 Å². The average Bonchev–Trinajstić information content (AvgIpc) is 3.34. The van der Waals surface area contributed by atoms with E-state index in [9.17, 15) is 19.2 Å². The summed E-state index contributed by atoms with van der Waals surface area (Å²) in [6, 6.07) is 8.08. The molecule has 1 fully saturated rings. The van der Waals surface area contributed by atoms with Gasteiger partial charge in [-0.1, -0.05) is 32.0 Å². The van der Waals surface area contributed by atoms with E-state index in [2.05, 4.69) is 10.7 Å². The average molecular weight is 438 g/mol. The number of primary amides is 1. The Bertz CT molecular complexity index is 1100. The maximum Gasteiger partial charge on any atom is 0.316 e. The summed E-state index contributed by atoms with van der Waals surface area (Å²) < 4.78 is 1.60. The number of hydrogen-bond acceptors (Lipinski definition) is 4. The molecular formula is C23H27N5O4. The molecule has 0 spiro atoms. The van der Waals surface area contributed by atoms with E-state index in [1.165, 1.54) is 0 Å². The van der Waals surface area contributed by atoms with Crippen LogP contribution in [0.25, 0.3) is 10.9 Å². The highest BCUT2D eigenvalue weighted by molar-refractivity contribution is 6.00. The standard InChI is InChI=1S/C23H27N5O4/c1-4-20(29)27(13-16-9-10-25-22(16)31)26-23(32)19(11-14(2)3)28-17-8-6-5-7-15(17)12-18(28)21(24)30/h1,5-8,12,14,16,19H,9-11,13H2,2-3H3,(H2,24,30)(H,25,31)(H,26,32)/t16-,19-/m0/s1. The number of nitrogens with zero attached hydrogens (tertiary/aromatic N) is 2. The molecular weight excluding hydrogens is 410 g/mol. The number of rotatable bonds is 7. The van der Waals surface area contributed by atoms with Crippen molar-refractivity contribution in [3.63, 3.8) is 0 Å². The molecule has 0 radical (unpaired) electrons. The Morgan fingerprint density at radius 1 is 1.34 bits per heavy atom. The second kappa shape index (κ2) is 9.56. The first kappa shape index (κ1) is 22.9. The van der Waals surface area contributed by atoms with Gasteiger partial charge in [0.25, 0.3) is 11.8 Å². The molecule has 1 saturated heterocycles. The van der Waals surface area contributed by atoms with E-state index in [0.717, 1.165) is 10.4 Å². The van der Waals surface area contributed by atoms with E-state index in [1.54, 1.807) is 22.8 Å². The van der Waals surface area contributed by atoms with Gasteiger partial charge in [0.1, 0.15) is 11.7 Å². The van der Waals surface area contributed by atoms with Crippen LogP contribution in [0.1, 0.15) is 43.2 Å². The van der Waals surface area contributed by atoms with Crippen molar-refractivity contribution >= 4 is 34.5 Å². The number of nitrogens with one attached hydrogen (secondary N) is 2. The number of hydrogen-bond donors (Lipinski definition) is 3. The molecule has 2 aromatic rings. The predicted octanol–water partition coefficient (Wildman–Crippen LogP) is 0.957. The van der Waals surface area contributed by atoms with Gasteiger partial charge < -0.3 is 15.6 Å². The van der Waals surface area contributed by atoms with E-state index in [1.807, 2.05) is 31.9 Å². The molecule has 2 heterocycles. The van der Waals surface area contributed by atoms with E-state index in [4.69, 9.17) is 12.2 Å². The quantitative estimate of drug-likeness (QED) is 0.440. The van der Waals surface area contributed by atoms with Crippen LogP contribution in [0, 0.1) is 24.2 Å². The summed E-state index contributed by atoms with van der Waals surface area (Å²) in [4.78, 5) is 49.9. The first-order valence-corrected chi connectivity index (χ1v) is 10.5. The zero-order chi connectivity index (χ0) is 23.4. The Hall–Kier alpha value is -3.80. The Labute approximate surface area is 186 Å². The molecule has 168 valence electrons. The second-order valence-corrected chi connectivity index (χ2v) is 8.28. The van der Waals surface area contributed by atoms with Crippen molar-refractivity contribution in [2.24, 2.45) is 17.6 Å². The van der Waals surface area contributed by atoms with Crippen molar-refractivity contribution in [1.29, 1.82) is 0 Å². The van der Waals surface area contributed by atoms with Gasteiger partial charge in [0.05, 0.1) is 12.5 Å². The van der Waals surface area contributed by atoms with E-state index < -0.39 is 29.7 Å². The topological polar surface area (TPSA) is 127 Å². The first-order chi connectivity index (χ1) is 15.2. The molecule has 0 saturated carbocycles. The number of benzene rings is 1. The Kier molecular flexibility index (Phi) is 6.83. The minimum atomic E-state index is -0.831. The summed E-state index contributed by atoms with van der Waals surface area (Å²) in [6.45, 7) is 4.36. The lowest BCUT2D eigenvalue weighted by Gasteiger charge is -2.28. The fraction of sp³-hybridized carbons (Fsp3) is 0.391. The summed E-state index contributed by atoms with van der Waals surface area (Å²) in [5.74, 6) is -0.526. The number of aromatic nitrogens is 1. The fourth-order valence-electron chi connectivity index (χ4n) is 3.98. The van der Waals surface area contributed by atoms with Crippen LogP contribution in [0.2, 0.25) is 0 Å². The summed E-state index contributed by atoms with van der Waals surface area (Å²) in [5, 5.41) is 4.47. The lowest BCUT2D eigenvalue weighted by atomic mass is 10.0. The van der Waals surface area contributed by atoms with Gasteiger partial charge in [-0.25, -0.2) is 5.01 Å². The smallest absolute Gasteiger partial charge is 0.316 e. The number of nitrogens with two attached hydrogens (primary N) is 1. The molecule has 0 aliphatic carbocycles. The number of hydrazine groups is 1. The van der Waals surface area contributed by atoms with Crippen LogP contribution in [-0.4, -0.2) is 46.3 Å². The number of amides is 4. The number of para-hydroxylation sites is 1. The van der Waals surface area contributed by atoms with Crippen molar-refractivity contribution in [2.45, 2.75) is 32.7 Å². The van der Waals surface area contributed by atoms with E-state index in [0.29, 0.717) is 24.9 Å². The molecule has 1 aliphatic rings. The molecule has 1 aromatic carbocycles. The van der Waals surface area contributed by atoms with Crippen LogP contribution in [0.15, 0.2) is 30.3 Å². The molecule has 9 heteroatoms. The zero-order valence-corrected chi connectivity index (χ0v) is 18.1. The van der Waals surface area contributed by atoms with E-state index in [-0.39, 0.29) is 24.1 Å². The van der Waals surface area contributed by atoms with Crippen molar-refractivity contribution in [1.82, 2.24) is 20.3 Å². The Morgan fingerprint density at radius 3 is 2.66 bits per heavy atom. The fourth-order valence-corrected chi connectivity index (χ4v) is 3.98. The number of fused-ring (bicyclic) bond motifs is 1. The first-order valence-electron chi connectivity index (χ1n) is 10.5. The lowest BCUT2D eigenvalue weighted by Crippen LogP contribution is -2.51. The molecule has 4 amide bonds. The van der Waals surface area contributed by atoms with Gasteiger partial charge >= 0.3 is 5.91 Å². The lowest BCUT2D eigenvalue weighted by molar-refractivity contribution is -0.141. The van der Waals surface area contributed by atoms with Gasteiger partial charge in [-0.3, -0.25) is 24.6 Å². The molecule has 1 aromatic heterocycles. The highest BCUT2D eigenvalue weighted by Crippen LogP contribution is 2.28. The third-order valence-electron chi connectivity index (χ3n) is 5.49. The van der Waals surface area contributed by atoms with Crippen LogP contribution in [0.3, 0.4) is 0 Å². The molecule has 2 atom stereocenters. The molecule has 4 N–H and O–H groups in total. The number of carbonyl (C=O) groups excluding carboxylic acids is 4. The monoisotopic (exact) mass is 437 g/mol. The van der Waals surface area contributed by atoms with Gasteiger partial charge in [0, 0.05) is 17.4 Å². The molecule has 3 rings (SSSR count). The SMILES string of the molecule is C#CC(=O)N(C[C@@H]1CCNC1=O)NC(=O)[C@H](CC(C)C)n1c(C(N)=O)cc2ccccc21. The molecule has 0 unspecified atom stereocenters. The summed E-state index contributed by atoms with van der Waals surface area (Å²) in [6.07, 6.45) is 6.20. The Morgan fingerprint density at radius 2 is 2.06 bits per heavy atom. The van der Waals surface area contributed by atoms with Crippen molar-refractivity contribution in [2.75, 3.05) is 13.1 Å². The highest BCUT2D eigenvalue weighted by atomic mass is 16.2. The molecule has 32 heavy (non-hydrogen) atoms. The third kappa shape index (κ3) is 4.75. The van der Waals surface area contributed by atoms with Gasteiger partial charge in [0.2, 0.25) is 5.91 Å². The van der Waals surface area contributed by atoms with Crippen LogP contribution in [0.4, 0.5) is 0 Å². The summed E-state index contributed by atoms with van der Waals surface area (Å²) in [7, 11) is 0. The largest absolute Gasteiger partial charge is 0.364 e. The van der Waals surface area contributed by atoms with Gasteiger partial charge in [-0.15, -0.1) is 6.42 Å². The summed E-state index contributed by atoms with van der Waals surface area (Å²) in [5.41, 5.74) is 9.07.